The number of rotatable bonds is 7. The Morgan fingerprint density at radius 3 is 2.32 bits per heavy atom. The summed E-state index contributed by atoms with van der Waals surface area (Å²) in [7, 11) is 1.31. The SMILES string of the molecule is COC(=O)[C@H](CC(C)C)NC(=O)[C@H](N)Cc1ccccc1.Cl. The molecule has 0 aliphatic carbocycles. The molecule has 0 fully saturated rings. The van der Waals surface area contributed by atoms with Crippen LogP contribution in [0.2, 0.25) is 0 Å². The van der Waals surface area contributed by atoms with Crippen molar-refractivity contribution in [2.75, 3.05) is 7.11 Å². The number of amides is 1. The van der Waals surface area contributed by atoms with Crippen LogP contribution in [0.4, 0.5) is 0 Å². The Labute approximate surface area is 138 Å². The fourth-order valence-corrected chi connectivity index (χ4v) is 2.07. The minimum atomic E-state index is -0.688. The molecule has 124 valence electrons. The van der Waals surface area contributed by atoms with Crippen molar-refractivity contribution < 1.29 is 14.3 Å². The molecule has 5 nitrogen and oxygen atoms in total. The first-order chi connectivity index (χ1) is 9.93. The average Bonchev–Trinajstić information content (AvgIpc) is 2.46. The largest absolute Gasteiger partial charge is 0.467 e. The van der Waals surface area contributed by atoms with E-state index in [1.165, 1.54) is 7.11 Å². The predicted molar refractivity (Wildman–Crippen MR) is 88.8 cm³/mol. The molecule has 0 unspecified atom stereocenters. The Hall–Kier alpha value is -1.59. The van der Waals surface area contributed by atoms with E-state index in [1.807, 2.05) is 44.2 Å². The number of ether oxygens (including phenoxy) is 1. The van der Waals surface area contributed by atoms with Gasteiger partial charge in [0.1, 0.15) is 6.04 Å². The molecular weight excluding hydrogens is 304 g/mol. The zero-order chi connectivity index (χ0) is 15.8. The smallest absolute Gasteiger partial charge is 0.328 e. The highest BCUT2D eigenvalue weighted by Crippen LogP contribution is 2.07. The van der Waals surface area contributed by atoms with Gasteiger partial charge in [-0.25, -0.2) is 4.79 Å². The summed E-state index contributed by atoms with van der Waals surface area (Å²) in [5.74, 6) is -0.515. The monoisotopic (exact) mass is 328 g/mol. The summed E-state index contributed by atoms with van der Waals surface area (Å²) in [5, 5.41) is 2.68. The zero-order valence-corrected chi connectivity index (χ0v) is 14.1. The zero-order valence-electron chi connectivity index (χ0n) is 13.2. The molecule has 0 heterocycles. The molecule has 0 saturated heterocycles. The molecule has 0 radical (unpaired) electrons. The van der Waals surface area contributed by atoms with Crippen molar-refractivity contribution in [3.05, 3.63) is 35.9 Å². The first kappa shape index (κ1) is 20.4. The normalized spacial score (nSPS) is 13.0. The molecular formula is C16H25ClN2O3. The average molecular weight is 329 g/mol. The molecule has 2 atom stereocenters. The van der Waals surface area contributed by atoms with Crippen LogP contribution in [0.3, 0.4) is 0 Å². The van der Waals surface area contributed by atoms with Crippen LogP contribution in [0.25, 0.3) is 0 Å². The van der Waals surface area contributed by atoms with Crippen LogP contribution in [0.5, 0.6) is 0 Å². The van der Waals surface area contributed by atoms with Crippen molar-refractivity contribution in [1.82, 2.24) is 5.32 Å². The number of nitrogens with one attached hydrogen (secondary N) is 1. The minimum Gasteiger partial charge on any atom is -0.467 e. The summed E-state index contributed by atoms with van der Waals surface area (Å²) in [6, 6.07) is 8.20. The summed E-state index contributed by atoms with van der Waals surface area (Å²) in [6.07, 6.45) is 0.957. The van der Waals surface area contributed by atoms with E-state index in [1.54, 1.807) is 0 Å². The lowest BCUT2D eigenvalue weighted by molar-refractivity contribution is -0.145. The number of benzene rings is 1. The second-order valence-corrected chi connectivity index (χ2v) is 5.51. The van der Waals surface area contributed by atoms with Crippen LogP contribution >= 0.6 is 12.4 Å². The maximum Gasteiger partial charge on any atom is 0.328 e. The van der Waals surface area contributed by atoms with E-state index in [2.05, 4.69) is 5.32 Å². The molecule has 1 aromatic rings. The van der Waals surface area contributed by atoms with Gasteiger partial charge in [-0.2, -0.15) is 0 Å². The number of carbonyl (C=O) groups excluding carboxylic acids is 2. The van der Waals surface area contributed by atoms with Gasteiger partial charge in [0.05, 0.1) is 13.2 Å². The number of hydrogen-bond acceptors (Lipinski definition) is 4. The third-order valence-corrected chi connectivity index (χ3v) is 3.14. The van der Waals surface area contributed by atoms with Crippen LogP contribution in [0.15, 0.2) is 30.3 Å². The van der Waals surface area contributed by atoms with Gasteiger partial charge >= 0.3 is 5.97 Å². The van der Waals surface area contributed by atoms with Crippen LogP contribution in [-0.4, -0.2) is 31.1 Å². The summed E-state index contributed by atoms with van der Waals surface area (Å²) in [4.78, 5) is 23.8. The van der Waals surface area contributed by atoms with Crippen molar-refractivity contribution in [2.45, 2.75) is 38.8 Å². The lowest BCUT2D eigenvalue weighted by Gasteiger charge is -2.20. The van der Waals surface area contributed by atoms with Crippen molar-refractivity contribution in [3.8, 4) is 0 Å². The predicted octanol–water partition coefficient (Wildman–Crippen LogP) is 1.68. The highest BCUT2D eigenvalue weighted by molar-refractivity contribution is 5.87. The quantitative estimate of drug-likeness (QED) is 0.746. The second kappa shape index (κ2) is 10.2. The fraction of sp³-hybridized carbons (Fsp3) is 0.500. The topological polar surface area (TPSA) is 81.4 Å². The van der Waals surface area contributed by atoms with Crippen LogP contribution in [0.1, 0.15) is 25.8 Å². The molecule has 6 heteroatoms. The molecule has 0 saturated carbocycles. The minimum absolute atomic E-state index is 0. The molecule has 3 N–H and O–H groups in total. The van der Waals surface area contributed by atoms with E-state index in [0.29, 0.717) is 12.8 Å². The van der Waals surface area contributed by atoms with Gasteiger partial charge in [-0.05, 0) is 24.3 Å². The Balaban J connectivity index is 0.00000441. The van der Waals surface area contributed by atoms with Gasteiger partial charge in [0.25, 0.3) is 0 Å². The molecule has 0 spiro atoms. The van der Waals surface area contributed by atoms with Gasteiger partial charge < -0.3 is 15.8 Å². The van der Waals surface area contributed by atoms with E-state index in [-0.39, 0.29) is 24.2 Å². The summed E-state index contributed by atoms with van der Waals surface area (Å²) < 4.78 is 4.72. The van der Waals surface area contributed by atoms with E-state index < -0.39 is 18.1 Å². The van der Waals surface area contributed by atoms with Crippen LogP contribution < -0.4 is 11.1 Å². The highest BCUT2D eigenvalue weighted by atomic mass is 35.5. The van der Waals surface area contributed by atoms with Gasteiger partial charge in [0, 0.05) is 0 Å². The standard InChI is InChI=1S/C16H24N2O3.ClH/c1-11(2)9-14(16(20)21-3)18-15(19)13(17)10-12-7-5-4-6-8-12;/h4-8,11,13-14H,9-10,17H2,1-3H3,(H,18,19);1H/t13-,14+;/m1./s1. The molecule has 1 rings (SSSR count). The van der Waals surface area contributed by atoms with E-state index in [0.717, 1.165) is 5.56 Å². The molecule has 1 amide bonds. The first-order valence-electron chi connectivity index (χ1n) is 7.11. The van der Waals surface area contributed by atoms with E-state index in [4.69, 9.17) is 10.5 Å². The molecule has 22 heavy (non-hydrogen) atoms. The Morgan fingerprint density at radius 1 is 1.23 bits per heavy atom. The number of nitrogens with two attached hydrogens (primary N) is 1. The van der Waals surface area contributed by atoms with Crippen molar-refractivity contribution >= 4 is 24.3 Å². The Bertz CT molecular complexity index is 466. The number of halogens is 1. The summed E-state index contributed by atoms with van der Waals surface area (Å²) in [5.41, 5.74) is 6.89. The number of methoxy groups -OCH3 is 1. The van der Waals surface area contributed by atoms with Gasteiger partial charge in [-0.3, -0.25) is 4.79 Å². The number of carbonyl (C=O) groups is 2. The molecule has 1 aromatic carbocycles. The van der Waals surface area contributed by atoms with Crippen LogP contribution in [-0.2, 0) is 20.7 Å². The summed E-state index contributed by atoms with van der Waals surface area (Å²) in [6.45, 7) is 3.96. The summed E-state index contributed by atoms with van der Waals surface area (Å²) >= 11 is 0. The molecule has 0 aliphatic rings. The first-order valence-corrected chi connectivity index (χ1v) is 7.11. The third kappa shape index (κ3) is 6.91. The molecule has 0 aliphatic heterocycles. The lowest BCUT2D eigenvalue weighted by Crippen LogP contribution is -2.49. The van der Waals surface area contributed by atoms with E-state index in [9.17, 15) is 9.59 Å². The van der Waals surface area contributed by atoms with Crippen molar-refractivity contribution in [2.24, 2.45) is 11.7 Å². The highest BCUT2D eigenvalue weighted by Gasteiger charge is 2.25. The van der Waals surface area contributed by atoms with Gasteiger partial charge in [-0.15, -0.1) is 12.4 Å². The van der Waals surface area contributed by atoms with Crippen molar-refractivity contribution in [3.63, 3.8) is 0 Å². The third-order valence-electron chi connectivity index (χ3n) is 3.14. The number of esters is 1. The maximum absolute atomic E-state index is 12.1. The maximum atomic E-state index is 12.1. The molecule has 0 bridgehead atoms. The second-order valence-electron chi connectivity index (χ2n) is 5.51. The number of hydrogen-bond donors (Lipinski definition) is 2. The van der Waals surface area contributed by atoms with Gasteiger partial charge in [0.15, 0.2) is 0 Å². The van der Waals surface area contributed by atoms with E-state index >= 15 is 0 Å². The fourth-order valence-electron chi connectivity index (χ4n) is 2.07. The molecule has 0 aromatic heterocycles. The van der Waals surface area contributed by atoms with Crippen molar-refractivity contribution in [1.29, 1.82) is 0 Å². The van der Waals surface area contributed by atoms with Crippen LogP contribution in [0, 0.1) is 5.92 Å². The van der Waals surface area contributed by atoms with Gasteiger partial charge in [0.2, 0.25) is 5.91 Å². The van der Waals surface area contributed by atoms with Gasteiger partial charge in [-0.1, -0.05) is 44.2 Å². The Kier molecular flexibility index (Phi) is 9.45. The lowest BCUT2D eigenvalue weighted by atomic mass is 10.0. The Morgan fingerprint density at radius 2 is 1.82 bits per heavy atom.